The number of methoxy groups -OCH3 is 2. The van der Waals surface area contributed by atoms with Gasteiger partial charge in [0, 0.05) is 0 Å². The summed E-state index contributed by atoms with van der Waals surface area (Å²) in [5.74, 6) is 1.38. The number of carbonyl (C=O) groups is 1. The second-order valence-corrected chi connectivity index (χ2v) is 6.88. The Morgan fingerprint density at radius 2 is 1.59 bits per heavy atom. The molecule has 0 aliphatic carbocycles. The first-order valence-electron chi connectivity index (χ1n) is 9.87. The van der Waals surface area contributed by atoms with E-state index in [0.29, 0.717) is 22.8 Å². The molecule has 0 radical (unpaired) electrons. The van der Waals surface area contributed by atoms with Gasteiger partial charge in [-0.25, -0.2) is 4.79 Å². The molecule has 6 nitrogen and oxygen atoms in total. The minimum absolute atomic E-state index is 0.232. The van der Waals surface area contributed by atoms with E-state index >= 15 is 0 Å². The normalized spacial score (nSPS) is 10.8. The molecule has 0 bridgehead atoms. The Morgan fingerprint density at radius 3 is 2.22 bits per heavy atom. The van der Waals surface area contributed by atoms with Gasteiger partial charge in [0.1, 0.15) is 11.5 Å². The number of esters is 1. The fourth-order valence-corrected chi connectivity index (χ4v) is 2.90. The number of carbonyl (C=O) groups excluding carboxylic acids is 1. The van der Waals surface area contributed by atoms with Gasteiger partial charge in [-0.3, -0.25) is 0 Å². The van der Waals surface area contributed by atoms with Gasteiger partial charge in [-0.1, -0.05) is 23.8 Å². The van der Waals surface area contributed by atoms with E-state index < -0.39 is 5.97 Å². The molecule has 0 saturated carbocycles. The van der Waals surface area contributed by atoms with Crippen LogP contribution < -0.4 is 18.9 Å². The monoisotopic (exact) mass is 429 g/mol. The lowest BCUT2D eigenvalue weighted by Crippen LogP contribution is -2.18. The predicted octanol–water partition coefficient (Wildman–Crippen LogP) is 5.06. The first-order chi connectivity index (χ1) is 15.5. The molecule has 0 fully saturated rings. The van der Waals surface area contributed by atoms with E-state index in [-0.39, 0.29) is 12.4 Å². The molecule has 0 aromatic heterocycles. The van der Waals surface area contributed by atoms with Crippen LogP contribution in [0.5, 0.6) is 23.0 Å². The van der Waals surface area contributed by atoms with Crippen molar-refractivity contribution in [3.05, 3.63) is 83.4 Å². The Balaban J connectivity index is 1.71. The van der Waals surface area contributed by atoms with E-state index in [4.69, 9.17) is 18.9 Å². The average molecular weight is 429 g/mol. The van der Waals surface area contributed by atoms with Crippen LogP contribution in [0, 0.1) is 18.3 Å². The molecule has 0 spiro atoms. The van der Waals surface area contributed by atoms with Crippen molar-refractivity contribution in [3.63, 3.8) is 0 Å². The Labute approximate surface area is 187 Å². The van der Waals surface area contributed by atoms with E-state index in [9.17, 15) is 10.1 Å². The number of aryl methyl sites for hydroxylation is 1. The molecule has 0 aliphatic rings. The summed E-state index contributed by atoms with van der Waals surface area (Å²) in [5, 5.41) is 9.57. The summed E-state index contributed by atoms with van der Waals surface area (Å²) < 4.78 is 21.4. The summed E-state index contributed by atoms with van der Waals surface area (Å²) in [4.78, 5) is 12.2. The predicted molar refractivity (Wildman–Crippen MR) is 122 cm³/mol. The molecule has 0 heterocycles. The van der Waals surface area contributed by atoms with Crippen molar-refractivity contribution in [2.75, 3.05) is 20.8 Å². The summed E-state index contributed by atoms with van der Waals surface area (Å²) in [6, 6.07) is 21.9. The third-order valence-electron chi connectivity index (χ3n) is 4.62. The van der Waals surface area contributed by atoms with E-state index in [0.717, 1.165) is 16.7 Å². The van der Waals surface area contributed by atoms with Crippen molar-refractivity contribution in [3.8, 4) is 29.1 Å². The molecule has 162 valence electrons. The van der Waals surface area contributed by atoms with Crippen molar-refractivity contribution in [2.45, 2.75) is 6.92 Å². The topological polar surface area (TPSA) is 77.8 Å². The fraction of sp³-hybridized carbons (Fsp3) is 0.154. The lowest BCUT2D eigenvalue weighted by atomic mass is 10.0. The number of nitriles is 1. The van der Waals surface area contributed by atoms with Gasteiger partial charge >= 0.3 is 5.97 Å². The second-order valence-electron chi connectivity index (χ2n) is 6.88. The van der Waals surface area contributed by atoms with E-state index in [1.165, 1.54) is 7.11 Å². The number of nitrogens with zero attached hydrogens (tertiary/aromatic N) is 1. The Bertz CT molecular complexity index is 1140. The maximum absolute atomic E-state index is 12.2. The molecule has 32 heavy (non-hydrogen) atoms. The quantitative estimate of drug-likeness (QED) is 0.216. The average Bonchev–Trinajstić information content (AvgIpc) is 2.83. The SMILES string of the molecule is COc1ccc(/C(C#N)=C\c2ccc(OC(=O)COc3ccc(C)cc3)c(OC)c2)cc1. The highest BCUT2D eigenvalue weighted by Gasteiger charge is 2.12. The van der Waals surface area contributed by atoms with Crippen molar-refractivity contribution in [1.82, 2.24) is 0 Å². The van der Waals surface area contributed by atoms with Crippen LogP contribution in [-0.4, -0.2) is 26.8 Å². The number of allylic oxidation sites excluding steroid dienone is 1. The second kappa shape index (κ2) is 10.7. The Morgan fingerprint density at radius 1 is 0.906 bits per heavy atom. The van der Waals surface area contributed by atoms with E-state index in [2.05, 4.69) is 6.07 Å². The summed E-state index contributed by atoms with van der Waals surface area (Å²) in [6.07, 6.45) is 1.73. The third-order valence-corrected chi connectivity index (χ3v) is 4.62. The van der Waals surface area contributed by atoms with E-state index in [1.54, 1.807) is 55.7 Å². The Hall–Kier alpha value is -4.24. The van der Waals surface area contributed by atoms with Gasteiger partial charge in [0.25, 0.3) is 0 Å². The van der Waals surface area contributed by atoms with Gasteiger partial charge in [0.2, 0.25) is 0 Å². The zero-order valence-electron chi connectivity index (χ0n) is 18.1. The minimum Gasteiger partial charge on any atom is -0.497 e. The number of ether oxygens (including phenoxy) is 4. The van der Waals surface area contributed by atoms with Crippen LogP contribution in [0.2, 0.25) is 0 Å². The zero-order valence-corrected chi connectivity index (χ0v) is 18.1. The maximum atomic E-state index is 12.2. The molecule has 0 aliphatic heterocycles. The first-order valence-corrected chi connectivity index (χ1v) is 9.87. The van der Waals surface area contributed by atoms with Crippen molar-refractivity contribution in [2.24, 2.45) is 0 Å². The van der Waals surface area contributed by atoms with Crippen molar-refractivity contribution in [1.29, 1.82) is 5.26 Å². The largest absolute Gasteiger partial charge is 0.497 e. The van der Waals surface area contributed by atoms with Gasteiger partial charge in [0.15, 0.2) is 18.1 Å². The van der Waals surface area contributed by atoms with Gasteiger partial charge in [-0.05, 0) is 72.7 Å². The van der Waals surface area contributed by atoms with Gasteiger partial charge in [-0.15, -0.1) is 0 Å². The number of hydrogen-bond donors (Lipinski definition) is 0. The van der Waals surface area contributed by atoms with Crippen molar-refractivity contribution < 1.29 is 23.7 Å². The first kappa shape index (κ1) is 22.4. The molecule has 0 atom stereocenters. The number of rotatable bonds is 8. The zero-order chi connectivity index (χ0) is 22.9. The highest BCUT2D eigenvalue weighted by molar-refractivity contribution is 5.90. The third kappa shape index (κ3) is 5.89. The van der Waals surface area contributed by atoms with Crippen LogP contribution >= 0.6 is 0 Å². The number of benzene rings is 3. The minimum atomic E-state index is -0.553. The van der Waals surface area contributed by atoms with Crippen LogP contribution in [0.25, 0.3) is 11.6 Å². The van der Waals surface area contributed by atoms with Gasteiger partial charge < -0.3 is 18.9 Å². The summed E-state index contributed by atoms with van der Waals surface area (Å²) in [7, 11) is 3.07. The van der Waals surface area contributed by atoms with Crippen LogP contribution in [0.4, 0.5) is 0 Å². The summed E-state index contributed by atoms with van der Waals surface area (Å²) in [5.41, 5.74) is 3.07. The maximum Gasteiger partial charge on any atom is 0.349 e. The van der Waals surface area contributed by atoms with Gasteiger partial charge in [0.05, 0.1) is 25.9 Å². The smallest absolute Gasteiger partial charge is 0.349 e. The van der Waals surface area contributed by atoms with Gasteiger partial charge in [-0.2, -0.15) is 5.26 Å². The molecular weight excluding hydrogens is 406 g/mol. The lowest BCUT2D eigenvalue weighted by molar-refractivity contribution is -0.136. The molecule has 0 N–H and O–H groups in total. The van der Waals surface area contributed by atoms with Crippen molar-refractivity contribution >= 4 is 17.6 Å². The summed E-state index contributed by atoms with van der Waals surface area (Å²) in [6.45, 7) is 1.74. The standard InChI is InChI=1S/C26H23NO5/c1-18-4-9-23(10-5-18)31-17-26(28)32-24-13-6-19(15-25(24)30-3)14-21(16-27)20-7-11-22(29-2)12-8-20/h4-15H,17H2,1-3H3/b21-14-. The van der Waals surface area contributed by atoms with Crippen LogP contribution in [-0.2, 0) is 4.79 Å². The van der Waals surface area contributed by atoms with Crippen LogP contribution in [0.3, 0.4) is 0 Å². The molecule has 3 aromatic carbocycles. The molecule has 6 heteroatoms. The molecule has 0 saturated heterocycles. The fourth-order valence-electron chi connectivity index (χ4n) is 2.90. The lowest BCUT2D eigenvalue weighted by Gasteiger charge is -2.11. The van der Waals surface area contributed by atoms with E-state index in [1.807, 2.05) is 31.2 Å². The highest BCUT2D eigenvalue weighted by Crippen LogP contribution is 2.30. The molecule has 3 aromatic rings. The molecular formula is C26H23NO5. The number of hydrogen-bond acceptors (Lipinski definition) is 6. The molecule has 3 rings (SSSR count). The molecule has 0 amide bonds. The van der Waals surface area contributed by atoms with Crippen LogP contribution in [0.15, 0.2) is 66.7 Å². The van der Waals surface area contributed by atoms with Crippen LogP contribution in [0.1, 0.15) is 16.7 Å². The molecule has 0 unspecified atom stereocenters. The highest BCUT2D eigenvalue weighted by atomic mass is 16.6. The summed E-state index contributed by atoms with van der Waals surface area (Å²) >= 11 is 0. The Kier molecular flexibility index (Phi) is 7.50.